The molecule has 0 spiro atoms. The van der Waals surface area contributed by atoms with Crippen LogP contribution in [-0.2, 0) is 9.59 Å². The zero-order valence-electron chi connectivity index (χ0n) is 10.5. The Morgan fingerprint density at radius 1 is 1.42 bits per heavy atom. The predicted molar refractivity (Wildman–Crippen MR) is 72.4 cm³/mol. The molecule has 1 aromatic carbocycles. The van der Waals surface area contributed by atoms with E-state index in [2.05, 4.69) is 21.2 Å². The van der Waals surface area contributed by atoms with Crippen LogP contribution in [0.5, 0.6) is 5.75 Å². The lowest BCUT2D eigenvalue weighted by Gasteiger charge is -2.16. The van der Waals surface area contributed by atoms with Crippen molar-refractivity contribution in [3.63, 3.8) is 0 Å². The van der Waals surface area contributed by atoms with Gasteiger partial charge in [0.2, 0.25) is 5.91 Å². The average molecular weight is 325 g/mol. The van der Waals surface area contributed by atoms with Crippen molar-refractivity contribution in [2.75, 3.05) is 7.05 Å². The molecule has 5 nitrogen and oxygen atoms in total. The van der Waals surface area contributed by atoms with Crippen LogP contribution in [-0.4, -0.2) is 24.8 Å². The van der Waals surface area contributed by atoms with Gasteiger partial charge in [0, 0.05) is 7.05 Å². The van der Waals surface area contributed by atoms with Crippen molar-refractivity contribution in [3.8, 4) is 11.8 Å². The number of ketones is 1. The lowest BCUT2D eigenvalue weighted by Crippen LogP contribution is -2.38. The normalized spacial score (nSPS) is 12.9. The first-order valence-corrected chi connectivity index (χ1v) is 6.36. The smallest absolute Gasteiger partial charge is 0.244 e. The van der Waals surface area contributed by atoms with Crippen LogP contribution >= 0.6 is 15.9 Å². The van der Waals surface area contributed by atoms with Crippen LogP contribution < -0.4 is 10.1 Å². The summed E-state index contributed by atoms with van der Waals surface area (Å²) < 4.78 is 6.15. The minimum atomic E-state index is -1.36. The van der Waals surface area contributed by atoms with Gasteiger partial charge in [-0.25, -0.2) is 0 Å². The SMILES string of the molecule is CNC(=O)[C@H](C#N)C(=O)[C@H](C)Oc1ccccc1Br. The molecule has 0 aliphatic heterocycles. The van der Waals surface area contributed by atoms with E-state index in [1.807, 2.05) is 6.07 Å². The molecule has 1 rings (SSSR count). The number of rotatable bonds is 5. The summed E-state index contributed by atoms with van der Waals surface area (Å²) in [6.45, 7) is 1.51. The standard InChI is InChI=1S/C13H13BrN2O3/c1-8(12(17)9(7-15)13(18)16-2)19-11-6-4-3-5-10(11)14/h3-6,8-9H,1-2H3,(H,16,18)/t8-,9+/m0/s1. The van der Waals surface area contributed by atoms with Gasteiger partial charge in [0.25, 0.3) is 0 Å². The van der Waals surface area contributed by atoms with Gasteiger partial charge in [-0.3, -0.25) is 9.59 Å². The molecule has 0 saturated carbocycles. The molecule has 1 amide bonds. The summed E-state index contributed by atoms with van der Waals surface area (Å²) >= 11 is 3.29. The molecule has 6 heteroatoms. The summed E-state index contributed by atoms with van der Waals surface area (Å²) in [6, 6.07) is 8.71. The van der Waals surface area contributed by atoms with Crippen molar-refractivity contribution < 1.29 is 14.3 Å². The number of halogens is 1. The number of para-hydroxylation sites is 1. The van der Waals surface area contributed by atoms with Crippen LogP contribution in [0.3, 0.4) is 0 Å². The first-order valence-electron chi connectivity index (χ1n) is 5.57. The number of hydrogen-bond donors (Lipinski definition) is 1. The highest BCUT2D eigenvalue weighted by Crippen LogP contribution is 2.25. The van der Waals surface area contributed by atoms with E-state index in [1.165, 1.54) is 14.0 Å². The Balaban J connectivity index is 2.81. The van der Waals surface area contributed by atoms with E-state index >= 15 is 0 Å². The summed E-state index contributed by atoms with van der Waals surface area (Å²) in [5.41, 5.74) is 0. The number of benzene rings is 1. The van der Waals surface area contributed by atoms with Gasteiger partial charge in [0.05, 0.1) is 10.5 Å². The summed E-state index contributed by atoms with van der Waals surface area (Å²) in [6.07, 6.45) is -0.888. The Labute approximate surface area is 119 Å². The molecular formula is C13H13BrN2O3. The first-order chi connectivity index (χ1) is 9.01. The number of carbonyl (C=O) groups is 2. The minimum absolute atomic E-state index is 0.483. The summed E-state index contributed by atoms with van der Waals surface area (Å²) in [5.74, 6) is -2.08. The molecule has 1 aromatic rings. The van der Waals surface area contributed by atoms with Crippen LogP contribution in [0, 0.1) is 17.2 Å². The Bertz CT molecular complexity index is 525. The van der Waals surface area contributed by atoms with E-state index in [4.69, 9.17) is 10.00 Å². The second-order valence-electron chi connectivity index (χ2n) is 3.77. The number of nitrogens with one attached hydrogen (secondary N) is 1. The number of nitrogens with zero attached hydrogens (tertiary/aromatic N) is 1. The Hall–Kier alpha value is -1.87. The van der Waals surface area contributed by atoms with E-state index in [-0.39, 0.29) is 0 Å². The lowest BCUT2D eigenvalue weighted by molar-refractivity contribution is -0.135. The van der Waals surface area contributed by atoms with Gasteiger partial charge in [0.1, 0.15) is 5.75 Å². The molecular weight excluding hydrogens is 312 g/mol. The molecule has 19 heavy (non-hydrogen) atoms. The highest BCUT2D eigenvalue weighted by molar-refractivity contribution is 9.10. The number of nitriles is 1. The third-order valence-electron chi connectivity index (χ3n) is 2.46. The Morgan fingerprint density at radius 3 is 2.58 bits per heavy atom. The number of carbonyl (C=O) groups excluding carboxylic acids is 2. The maximum atomic E-state index is 12.0. The van der Waals surface area contributed by atoms with Gasteiger partial charge < -0.3 is 10.1 Å². The van der Waals surface area contributed by atoms with Crippen LogP contribution in [0.15, 0.2) is 28.7 Å². The van der Waals surface area contributed by atoms with Crippen molar-refractivity contribution in [2.24, 2.45) is 5.92 Å². The van der Waals surface area contributed by atoms with E-state index in [9.17, 15) is 9.59 Å². The molecule has 100 valence electrons. The number of amides is 1. The molecule has 0 bridgehead atoms. The van der Waals surface area contributed by atoms with E-state index in [0.29, 0.717) is 10.2 Å². The summed E-state index contributed by atoms with van der Waals surface area (Å²) in [4.78, 5) is 23.4. The Kier molecular flexibility index (Phi) is 5.52. The minimum Gasteiger partial charge on any atom is -0.482 e. The van der Waals surface area contributed by atoms with Crippen molar-refractivity contribution >= 4 is 27.6 Å². The average Bonchev–Trinajstić information content (AvgIpc) is 2.41. The van der Waals surface area contributed by atoms with Gasteiger partial charge in [0.15, 0.2) is 17.8 Å². The maximum absolute atomic E-state index is 12.0. The van der Waals surface area contributed by atoms with E-state index < -0.39 is 23.7 Å². The molecule has 0 heterocycles. The largest absolute Gasteiger partial charge is 0.482 e. The number of ether oxygens (including phenoxy) is 1. The van der Waals surface area contributed by atoms with Crippen LogP contribution in [0.2, 0.25) is 0 Å². The topological polar surface area (TPSA) is 79.2 Å². The molecule has 0 fully saturated rings. The van der Waals surface area contributed by atoms with Gasteiger partial charge in [-0.05, 0) is 35.0 Å². The molecule has 2 atom stereocenters. The van der Waals surface area contributed by atoms with Gasteiger partial charge in [-0.2, -0.15) is 5.26 Å². The quantitative estimate of drug-likeness (QED) is 0.835. The fourth-order valence-corrected chi connectivity index (χ4v) is 1.80. The molecule has 0 radical (unpaired) electrons. The molecule has 0 aromatic heterocycles. The van der Waals surface area contributed by atoms with Crippen molar-refractivity contribution in [1.82, 2.24) is 5.32 Å². The van der Waals surface area contributed by atoms with Crippen LogP contribution in [0.1, 0.15) is 6.92 Å². The fourth-order valence-electron chi connectivity index (χ4n) is 1.42. The lowest BCUT2D eigenvalue weighted by atomic mass is 10.0. The van der Waals surface area contributed by atoms with Gasteiger partial charge >= 0.3 is 0 Å². The second kappa shape index (κ2) is 6.90. The third-order valence-corrected chi connectivity index (χ3v) is 3.12. The molecule has 0 aliphatic carbocycles. The Morgan fingerprint density at radius 2 is 2.05 bits per heavy atom. The molecule has 0 unspecified atom stereocenters. The summed E-state index contributed by atoms with van der Waals surface area (Å²) in [7, 11) is 1.37. The van der Waals surface area contributed by atoms with Crippen molar-refractivity contribution in [2.45, 2.75) is 13.0 Å². The van der Waals surface area contributed by atoms with Crippen molar-refractivity contribution in [3.05, 3.63) is 28.7 Å². The second-order valence-corrected chi connectivity index (χ2v) is 4.62. The van der Waals surface area contributed by atoms with Crippen LogP contribution in [0.4, 0.5) is 0 Å². The van der Waals surface area contributed by atoms with Crippen LogP contribution in [0.25, 0.3) is 0 Å². The monoisotopic (exact) mass is 324 g/mol. The zero-order valence-corrected chi connectivity index (χ0v) is 12.1. The van der Waals surface area contributed by atoms with Crippen molar-refractivity contribution in [1.29, 1.82) is 5.26 Å². The third kappa shape index (κ3) is 3.80. The van der Waals surface area contributed by atoms with E-state index in [0.717, 1.165) is 0 Å². The molecule has 0 aliphatic rings. The predicted octanol–water partition coefficient (Wildman–Crippen LogP) is 1.67. The highest BCUT2D eigenvalue weighted by Gasteiger charge is 2.31. The number of hydrogen-bond acceptors (Lipinski definition) is 4. The first kappa shape index (κ1) is 15.2. The fraction of sp³-hybridized carbons (Fsp3) is 0.308. The summed E-state index contributed by atoms with van der Waals surface area (Å²) in [5, 5.41) is 11.2. The highest BCUT2D eigenvalue weighted by atomic mass is 79.9. The zero-order chi connectivity index (χ0) is 14.4. The van der Waals surface area contributed by atoms with Gasteiger partial charge in [-0.15, -0.1) is 0 Å². The van der Waals surface area contributed by atoms with E-state index in [1.54, 1.807) is 24.3 Å². The molecule has 0 saturated heterocycles. The molecule has 1 N–H and O–H groups in total. The maximum Gasteiger partial charge on any atom is 0.244 e. The van der Waals surface area contributed by atoms with Gasteiger partial charge in [-0.1, -0.05) is 12.1 Å². The number of Topliss-reactive ketones (excluding diaryl/α,β-unsaturated/α-hetero) is 1.